The summed E-state index contributed by atoms with van der Waals surface area (Å²) < 4.78 is 0. The molecule has 4 nitrogen and oxygen atoms in total. The van der Waals surface area contributed by atoms with Crippen LogP contribution in [-0.2, 0) is 0 Å². The highest BCUT2D eigenvalue weighted by molar-refractivity contribution is 4.46. The van der Waals surface area contributed by atoms with E-state index in [-0.39, 0.29) is 0 Å². The predicted molar refractivity (Wildman–Crippen MR) is 69.3 cm³/mol. The van der Waals surface area contributed by atoms with Crippen molar-refractivity contribution in [2.45, 2.75) is 0 Å². The van der Waals surface area contributed by atoms with Gasteiger partial charge >= 0.3 is 0 Å². The Labute approximate surface area is 96.4 Å². The monoisotopic (exact) mass is 218 g/mol. The molecule has 0 aliphatic carbocycles. The second-order valence-electron chi connectivity index (χ2n) is 4.91. The van der Waals surface area contributed by atoms with Crippen LogP contribution >= 0.6 is 0 Å². The Kier molecular flexibility index (Phi) is 11.9. The Bertz CT molecular complexity index is 108. The van der Waals surface area contributed by atoms with Crippen molar-refractivity contribution in [3.05, 3.63) is 0 Å². The maximum atomic E-state index is 2.18. The molecule has 0 aromatic heterocycles. The van der Waals surface area contributed by atoms with Gasteiger partial charge in [0.2, 0.25) is 0 Å². The highest BCUT2D eigenvalue weighted by Crippen LogP contribution is 1.76. The van der Waals surface area contributed by atoms with Crippen LogP contribution in [0.3, 0.4) is 0 Å². The minimum atomic E-state index is 1.03. The van der Waals surface area contributed by atoms with Gasteiger partial charge in [-0.05, 0) is 56.4 Å². The normalized spacial score (nSPS) is 11.2. The summed E-state index contributed by atoms with van der Waals surface area (Å²) in [6, 6.07) is 0. The molecule has 0 aromatic rings. The van der Waals surface area contributed by atoms with E-state index in [2.05, 4.69) is 76.0 Å². The van der Waals surface area contributed by atoms with E-state index in [1.165, 1.54) is 0 Å². The Morgan fingerprint density at radius 2 is 0.733 bits per heavy atom. The van der Waals surface area contributed by atoms with Crippen LogP contribution in [0.1, 0.15) is 0 Å². The molecule has 0 N–H and O–H groups in total. The first-order valence-corrected chi connectivity index (χ1v) is 5.34. The molecular formula is C11H30N4. The van der Waals surface area contributed by atoms with E-state index in [0.717, 1.165) is 19.8 Å². The molecule has 0 rings (SSSR count). The lowest BCUT2D eigenvalue weighted by Gasteiger charge is -2.14. The van der Waals surface area contributed by atoms with E-state index in [4.69, 9.17) is 0 Å². The maximum Gasteiger partial charge on any atom is 0.0495 e. The van der Waals surface area contributed by atoms with Gasteiger partial charge in [-0.1, -0.05) is 0 Å². The molecule has 0 aliphatic rings. The van der Waals surface area contributed by atoms with Crippen molar-refractivity contribution >= 4 is 0 Å². The summed E-state index contributed by atoms with van der Waals surface area (Å²) in [5.74, 6) is 0. The molecule has 0 atom stereocenters. The molecule has 0 aliphatic heterocycles. The van der Waals surface area contributed by atoms with Crippen LogP contribution in [0.4, 0.5) is 0 Å². The minimum Gasteiger partial charge on any atom is -0.308 e. The average Bonchev–Trinajstić information content (AvgIpc) is 1.99. The average molecular weight is 218 g/mol. The summed E-state index contributed by atoms with van der Waals surface area (Å²) in [6.45, 7) is 3.32. The van der Waals surface area contributed by atoms with Crippen molar-refractivity contribution in [2.75, 3.05) is 76.1 Å². The lowest BCUT2D eigenvalue weighted by Crippen LogP contribution is -2.26. The molecule has 4 heteroatoms. The van der Waals surface area contributed by atoms with Crippen molar-refractivity contribution in [3.8, 4) is 0 Å². The molecule has 0 aromatic carbocycles. The van der Waals surface area contributed by atoms with E-state index in [1.54, 1.807) is 0 Å². The summed E-state index contributed by atoms with van der Waals surface area (Å²) in [6.07, 6.45) is 0. The van der Waals surface area contributed by atoms with Crippen LogP contribution in [0, 0.1) is 0 Å². The summed E-state index contributed by atoms with van der Waals surface area (Å²) >= 11 is 0. The second kappa shape index (κ2) is 10.4. The Hall–Kier alpha value is -0.160. The highest BCUT2D eigenvalue weighted by atomic mass is 15.2. The van der Waals surface area contributed by atoms with E-state index in [0.29, 0.717) is 0 Å². The molecule has 0 amide bonds. The van der Waals surface area contributed by atoms with Gasteiger partial charge in [0.1, 0.15) is 0 Å². The van der Waals surface area contributed by atoms with Crippen LogP contribution in [-0.4, -0.2) is 95.7 Å². The number of hydrogen-bond donors (Lipinski definition) is 0. The highest BCUT2D eigenvalue weighted by Gasteiger charge is 1.89. The lowest BCUT2D eigenvalue weighted by atomic mass is 10.5. The van der Waals surface area contributed by atoms with Gasteiger partial charge < -0.3 is 9.80 Å². The minimum absolute atomic E-state index is 1.03. The van der Waals surface area contributed by atoms with Gasteiger partial charge in [0.25, 0.3) is 0 Å². The van der Waals surface area contributed by atoms with Crippen LogP contribution in [0.2, 0.25) is 0 Å². The van der Waals surface area contributed by atoms with Gasteiger partial charge in [0, 0.05) is 19.8 Å². The van der Waals surface area contributed by atoms with Crippen LogP contribution in [0.5, 0.6) is 0 Å². The molecule has 0 unspecified atom stereocenters. The lowest BCUT2D eigenvalue weighted by molar-refractivity contribution is 0.245. The molecule has 94 valence electrons. The summed E-state index contributed by atoms with van der Waals surface area (Å²) in [7, 11) is 16.6. The van der Waals surface area contributed by atoms with Crippen molar-refractivity contribution in [1.29, 1.82) is 0 Å². The fourth-order valence-corrected chi connectivity index (χ4v) is 0.966. The maximum absolute atomic E-state index is 2.18. The zero-order chi connectivity index (χ0) is 12.4. The number of rotatable bonds is 5. The van der Waals surface area contributed by atoms with Crippen molar-refractivity contribution in [1.82, 2.24) is 19.6 Å². The first-order chi connectivity index (χ1) is 6.75. The molecule has 0 radical (unpaired) electrons. The van der Waals surface area contributed by atoms with Crippen LogP contribution < -0.4 is 0 Å². The molecule has 0 saturated heterocycles. The van der Waals surface area contributed by atoms with Gasteiger partial charge in [-0.25, -0.2) is 0 Å². The number of hydrogen-bond acceptors (Lipinski definition) is 4. The Morgan fingerprint density at radius 1 is 0.467 bits per heavy atom. The summed E-state index contributed by atoms with van der Waals surface area (Å²) in [4.78, 5) is 8.61. The molecule has 0 heterocycles. The molecular weight excluding hydrogens is 188 g/mol. The molecule has 0 saturated carbocycles. The number of likely N-dealkylation sites (N-methyl/N-ethyl adjacent to an activating group) is 2. The molecule has 0 fully saturated rings. The third kappa shape index (κ3) is 24.8. The van der Waals surface area contributed by atoms with Gasteiger partial charge in [0.05, 0.1) is 0 Å². The fourth-order valence-electron chi connectivity index (χ4n) is 0.966. The molecule has 0 spiro atoms. The third-order valence-corrected chi connectivity index (χ3v) is 1.56. The Balaban J connectivity index is 0. The molecule has 0 bridgehead atoms. The quantitative estimate of drug-likeness (QED) is 0.610. The topological polar surface area (TPSA) is 13.0 Å². The SMILES string of the molecule is CN(C)CCN(C)C.CN(C)CN(C)C. The first-order valence-electron chi connectivity index (χ1n) is 5.34. The van der Waals surface area contributed by atoms with E-state index in [1.807, 2.05) is 0 Å². The van der Waals surface area contributed by atoms with Crippen LogP contribution in [0.25, 0.3) is 0 Å². The predicted octanol–water partition coefficient (Wildman–Crippen LogP) is 0.177. The first kappa shape index (κ1) is 17.2. The van der Waals surface area contributed by atoms with Gasteiger partial charge in [-0.2, -0.15) is 0 Å². The summed E-state index contributed by atoms with van der Waals surface area (Å²) in [5, 5.41) is 0. The standard InChI is InChI=1S/C6H16N2.C5H14N2/c1-7(2)5-6-8(3)4;1-6(2)5-7(3)4/h5-6H2,1-4H3;5H2,1-4H3. The van der Waals surface area contributed by atoms with Gasteiger partial charge in [-0.15, -0.1) is 0 Å². The fraction of sp³-hybridized carbons (Fsp3) is 1.00. The molecule has 15 heavy (non-hydrogen) atoms. The smallest absolute Gasteiger partial charge is 0.0495 e. The van der Waals surface area contributed by atoms with Gasteiger partial charge in [-0.3, -0.25) is 9.80 Å². The zero-order valence-corrected chi connectivity index (χ0v) is 11.9. The van der Waals surface area contributed by atoms with Crippen molar-refractivity contribution < 1.29 is 0 Å². The van der Waals surface area contributed by atoms with E-state index < -0.39 is 0 Å². The Morgan fingerprint density at radius 3 is 0.800 bits per heavy atom. The zero-order valence-electron chi connectivity index (χ0n) is 11.9. The van der Waals surface area contributed by atoms with Crippen molar-refractivity contribution in [2.24, 2.45) is 0 Å². The van der Waals surface area contributed by atoms with E-state index >= 15 is 0 Å². The number of nitrogens with zero attached hydrogens (tertiary/aromatic N) is 4. The van der Waals surface area contributed by atoms with Gasteiger partial charge in [0.15, 0.2) is 0 Å². The largest absolute Gasteiger partial charge is 0.308 e. The second-order valence-corrected chi connectivity index (χ2v) is 4.91. The third-order valence-electron chi connectivity index (χ3n) is 1.56. The van der Waals surface area contributed by atoms with Crippen LogP contribution in [0.15, 0.2) is 0 Å². The van der Waals surface area contributed by atoms with Crippen molar-refractivity contribution in [3.63, 3.8) is 0 Å². The summed E-state index contributed by atoms with van der Waals surface area (Å²) in [5.41, 5.74) is 0. The van der Waals surface area contributed by atoms with E-state index in [9.17, 15) is 0 Å².